The molecule has 1 aromatic rings. The highest BCUT2D eigenvalue weighted by molar-refractivity contribution is 7.84. The average molecular weight is 373 g/mol. The number of benzene rings is 1. The minimum Gasteiger partial charge on any atom is -0.384 e. The third kappa shape index (κ3) is 4.97. The van der Waals surface area contributed by atoms with Gasteiger partial charge in [-0.25, -0.2) is 17.7 Å². The number of aliphatic hydroxyl groups is 1. The first-order valence-corrected chi connectivity index (χ1v) is 8.22. The van der Waals surface area contributed by atoms with E-state index in [1.165, 1.54) is 0 Å². The number of halogens is 5. The van der Waals surface area contributed by atoms with Gasteiger partial charge in [0.25, 0.3) is 0 Å². The number of alkyl halides is 3. The summed E-state index contributed by atoms with van der Waals surface area (Å²) in [6.45, 7) is 5.85. The lowest BCUT2D eigenvalue weighted by molar-refractivity contribution is -0.209. The van der Waals surface area contributed by atoms with E-state index in [4.69, 9.17) is 0 Å². The summed E-state index contributed by atoms with van der Waals surface area (Å²) in [5.74, 6) is -2.60. The van der Waals surface area contributed by atoms with E-state index in [0.29, 0.717) is 0 Å². The third-order valence-electron chi connectivity index (χ3n) is 3.40. The van der Waals surface area contributed by atoms with Gasteiger partial charge >= 0.3 is 6.18 Å². The molecule has 24 heavy (non-hydrogen) atoms. The van der Waals surface area contributed by atoms with Gasteiger partial charge in [0.05, 0.1) is 21.3 Å². The molecule has 0 radical (unpaired) electrons. The highest BCUT2D eigenvalue weighted by Crippen LogP contribution is 2.35. The van der Waals surface area contributed by atoms with Gasteiger partial charge in [-0.15, -0.1) is 0 Å². The van der Waals surface area contributed by atoms with Gasteiger partial charge in [-0.1, -0.05) is 12.1 Å². The summed E-state index contributed by atoms with van der Waals surface area (Å²) in [7, 11) is -1.88. The first-order chi connectivity index (χ1) is 10.7. The van der Waals surface area contributed by atoms with E-state index in [0.717, 1.165) is 25.1 Å². The molecule has 3 nitrogen and oxygen atoms in total. The van der Waals surface area contributed by atoms with Crippen LogP contribution in [0.3, 0.4) is 0 Å². The summed E-state index contributed by atoms with van der Waals surface area (Å²) in [5, 5.41) is 9.38. The minimum absolute atomic E-state index is 0.441. The van der Waals surface area contributed by atoms with Gasteiger partial charge in [0.1, 0.15) is 0 Å². The maximum atomic E-state index is 14.1. The Balaban J connectivity index is 3.35. The van der Waals surface area contributed by atoms with Crippen LogP contribution in [0.4, 0.5) is 22.0 Å². The maximum absolute atomic E-state index is 14.1. The first-order valence-electron chi connectivity index (χ1n) is 7.07. The van der Waals surface area contributed by atoms with E-state index in [1.807, 2.05) is 0 Å². The molecule has 0 saturated carbocycles. The molecule has 1 rings (SSSR count). The number of nitrogens with one attached hydrogen (secondary N) is 1. The van der Waals surface area contributed by atoms with Crippen LogP contribution < -0.4 is 4.72 Å². The second-order valence-electron chi connectivity index (χ2n) is 6.68. The van der Waals surface area contributed by atoms with Crippen molar-refractivity contribution >= 4 is 11.0 Å². The lowest BCUT2D eigenvalue weighted by atomic mass is 9.86. The maximum Gasteiger partial charge on any atom is 0.414 e. The summed E-state index contributed by atoms with van der Waals surface area (Å²) in [5.41, 5.74) is -2.34. The zero-order valence-corrected chi connectivity index (χ0v) is 14.5. The molecule has 9 heteroatoms. The van der Waals surface area contributed by atoms with Crippen LogP contribution in [0, 0.1) is 11.6 Å². The summed E-state index contributed by atoms with van der Waals surface area (Å²) in [4.78, 5) is 0. The van der Waals surface area contributed by atoms with Gasteiger partial charge in [-0.3, -0.25) is 0 Å². The summed E-state index contributed by atoms with van der Waals surface area (Å²) in [6.07, 6.45) is -8.77. The molecule has 0 bridgehead atoms. The second kappa shape index (κ2) is 7.05. The molecule has 0 saturated heterocycles. The van der Waals surface area contributed by atoms with Crippen LogP contribution in [-0.4, -0.2) is 26.3 Å². The molecule has 0 fully saturated rings. The van der Waals surface area contributed by atoms with Gasteiger partial charge in [0.2, 0.25) is 0 Å². The van der Waals surface area contributed by atoms with Crippen molar-refractivity contribution in [1.82, 2.24) is 4.72 Å². The summed E-state index contributed by atoms with van der Waals surface area (Å²) < 4.78 is 79.6. The Morgan fingerprint density at radius 3 is 2.17 bits per heavy atom. The summed E-state index contributed by atoms with van der Waals surface area (Å²) in [6, 6.07) is 3.04. The van der Waals surface area contributed by atoms with E-state index in [9.17, 15) is 31.3 Å². The number of hydrogen-bond acceptors (Lipinski definition) is 2. The van der Waals surface area contributed by atoms with Crippen LogP contribution in [0.2, 0.25) is 0 Å². The number of rotatable bonds is 5. The molecule has 138 valence electrons. The Bertz CT molecular complexity index is 615. The molecule has 0 amide bonds. The van der Waals surface area contributed by atoms with Crippen molar-refractivity contribution in [3.8, 4) is 0 Å². The molecule has 0 aliphatic heterocycles. The van der Waals surface area contributed by atoms with Crippen molar-refractivity contribution in [2.45, 2.75) is 56.7 Å². The van der Waals surface area contributed by atoms with Crippen LogP contribution in [0.5, 0.6) is 0 Å². The van der Waals surface area contributed by atoms with Crippen molar-refractivity contribution in [3.05, 3.63) is 35.4 Å². The Kier molecular flexibility index (Phi) is 6.16. The molecule has 0 aliphatic rings. The Hall–Kier alpha value is -1.06. The highest BCUT2D eigenvalue weighted by Gasteiger charge is 2.45. The molecule has 0 spiro atoms. The topological polar surface area (TPSA) is 49.3 Å². The van der Waals surface area contributed by atoms with Crippen molar-refractivity contribution in [2.75, 3.05) is 0 Å². The molecule has 2 N–H and O–H groups in total. The van der Waals surface area contributed by atoms with Crippen LogP contribution in [0.25, 0.3) is 0 Å². The van der Waals surface area contributed by atoms with Gasteiger partial charge in [-0.05, 0) is 33.8 Å². The molecular formula is C15H20F5NO2S. The zero-order chi connectivity index (χ0) is 18.9. The predicted octanol–water partition coefficient (Wildman–Crippen LogP) is 3.55. The van der Waals surface area contributed by atoms with Gasteiger partial charge in [0, 0.05) is 12.0 Å². The Labute approximate surface area is 139 Å². The van der Waals surface area contributed by atoms with E-state index in [-0.39, 0.29) is 0 Å². The molecule has 3 unspecified atom stereocenters. The third-order valence-corrected chi connectivity index (χ3v) is 5.15. The van der Waals surface area contributed by atoms with Gasteiger partial charge in [0.15, 0.2) is 17.7 Å². The van der Waals surface area contributed by atoms with E-state index >= 15 is 0 Å². The molecule has 0 aliphatic carbocycles. The van der Waals surface area contributed by atoms with Crippen molar-refractivity contribution in [2.24, 2.45) is 0 Å². The Morgan fingerprint density at radius 1 is 1.17 bits per heavy atom. The van der Waals surface area contributed by atoms with Gasteiger partial charge < -0.3 is 5.11 Å². The fourth-order valence-electron chi connectivity index (χ4n) is 2.00. The van der Waals surface area contributed by atoms with Crippen molar-refractivity contribution in [1.29, 1.82) is 0 Å². The molecule has 3 atom stereocenters. The SMILES string of the molecule is CC(CC(O)C(F)(F)F)(NS(=O)C(C)(C)C)c1cccc(F)c1F. The zero-order valence-electron chi connectivity index (χ0n) is 13.7. The first kappa shape index (κ1) is 21.0. The summed E-state index contributed by atoms with van der Waals surface area (Å²) >= 11 is 0. The smallest absolute Gasteiger partial charge is 0.384 e. The number of aliphatic hydroxyl groups excluding tert-OH is 1. The minimum atomic E-state index is -4.95. The lowest BCUT2D eigenvalue weighted by Crippen LogP contribution is -2.50. The fraction of sp³-hybridized carbons (Fsp3) is 0.600. The number of hydrogen-bond donors (Lipinski definition) is 2. The van der Waals surface area contributed by atoms with Crippen LogP contribution in [0.1, 0.15) is 39.7 Å². The standard InChI is InChI=1S/C15H20F5NO2S/c1-13(2,3)24(23)21-14(4,8-11(22)15(18,19)20)9-6-5-7-10(16)12(9)17/h5-7,11,21-22H,8H2,1-4H3. The molecule has 0 aromatic heterocycles. The van der Waals surface area contributed by atoms with Crippen molar-refractivity contribution in [3.63, 3.8) is 0 Å². The van der Waals surface area contributed by atoms with E-state index in [2.05, 4.69) is 4.72 Å². The lowest BCUT2D eigenvalue weighted by Gasteiger charge is -2.36. The normalized spacial score (nSPS) is 18.1. The molecule has 0 heterocycles. The predicted molar refractivity (Wildman–Crippen MR) is 81.4 cm³/mol. The monoisotopic (exact) mass is 373 g/mol. The van der Waals surface area contributed by atoms with Gasteiger partial charge in [-0.2, -0.15) is 13.2 Å². The molecular weight excluding hydrogens is 353 g/mol. The van der Waals surface area contributed by atoms with Crippen LogP contribution in [-0.2, 0) is 16.5 Å². The van der Waals surface area contributed by atoms with E-state index < -0.39 is 57.2 Å². The van der Waals surface area contributed by atoms with E-state index in [1.54, 1.807) is 20.8 Å². The Morgan fingerprint density at radius 2 is 1.71 bits per heavy atom. The fourth-order valence-corrected chi connectivity index (χ4v) is 2.91. The van der Waals surface area contributed by atoms with Crippen LogP contribution >= 0.6 is 0 Å². The van der Waals surface area contributed by atoms with Crippen LogP contribution in [0.15, 0.2) is 18.2 Å². The molecule has 1 aromatic carbocycles. The second-order valence-corrected chi connectivity index (χ2v) is 8.64. The van der Waals surface area contributed by atoms with Crippen molar-refractivity contribution < 1.29 is 31.3 Å². The quantitative estimate of drug-likeness (QED) is 0.776. The average Bonchev–Trinajstić information content (AvgIpc) is 2.39. The highest BCUT2D eigenvalue weighted by atomic mass is 32.2. The largest absolute Gasteiger partial charge is 0.414 e.